The maximum Gasteiger partial charge on any atom is 0.352 e. The van der Waals surface area contributed by atoms with Crippen molar-refractivity contribution in [3.8, 4) is 11.5 Å². The fourth-order valence-electron chi connectivity index (χ4n) is 1.70. The number of ether oxygens (including phenoxy) is 2. The highest BCUT2D eigenvalue weighted by atomic mass is 16.5. The van der Waals surface area contributed by atoms with E-state index in [2.05, 4.69) is 5.32 Å². The van der Waals surface area contributed by atoms with Crippen molar-refractivity contribution in [1.82, 2.24) is 5.32 Å². The molecule has 1 rings (SSSR count). The Labute approximate surface area is 117 Å². The second-order valence-corrected chi connectivity index (χ2v) is 4.06. The zero-order chi connectivity index (χ0) is 15.3. The van der Waals surface area contributed by atoms with Crippen LogP contribution in [0, 0.1) is 0 Å². The van der Waals surface area contributed by atoms with Gasteiger partial charge in [0.15, 0.2) is 11.5 Å². The molecule has 6 nitrogen and oxygen atoms in total. The highest BCUT2D eigenvalue weighted by molar-refractivity contribution is 5.99. The van der Waals surface area contributed by atoms with Gasteiger partial charge in [-0.25, -0.2) is 4.79 Å². The van der Waals surface area contributed by atoms with Crippen molar-refractivity contribution in [1.29, 1.82) is 0 Å². The number of nitrogens with one attached hydrogen (secondary N) is 1. The number of hydrogen-bond donors (Lipinski definition) is 2. The number of carbonyl (C=O) groups is 2. The molecule has 0 atom stereocenters. The molecular weight excluding hydrogens is 262 g/mol. The van der Waals surface area contributed by atoms with Gasteiger partial charge in [-0.3, -0.25) is 4.79 Å². The Morgan fingerprint density at radius 3 is 2.15 bits per heavy atom. The molecule has 0 saturated heterocycles. The second kappa shape index (κ2) is 6.60. The summed E-state index contributed by atoms with van der Waals surface area (Å²) < 4.78 is 10.3. The topological polar surface area (TPSA) is 84.9 Å². The normalized spacial score (nSPS) is 11.4. The first-order valence-corrected chi connectivity index (χ1v) is 5.84. The van der Waals surface area contributed by atoms with Crippen LogP contribution in [0.4, 0.5) is 0 Å². The SMILES string of the molecule is COc1ccc(C(C)=C(NC(C)=O)C(=O)O)cc1OC. The Morgan fingerprint density at radius 1 is 1.10 bits per heavy atom. The van der Waals surface area contributed by atoms with E-state index in [1.165, 1.54) is 21.1 Å². The third-order valence-corrected chi connectivity index (χ3v) is 2.71. The molecular formula is C14H17NO5. The quantitative estimate of drug-likeness (QED) is 0.801. The van der Waals surface area contributed by atoms with Gasteiger partial charge in [-0.15, -0.1) is 0 Å². The molecule has 0 unspecified atom stereocenters. The maximum atomic E-state index is 11.2. The number of rotatable bonds is 5. The number of aliphatic carboxylic acids is 1. The molecule has 0 aliphatic carbocycles. The molecule has 1 aromatic rings. The molecule has 1 amide bonds. The van der Waals surface area contributed by atoms with Crippen molar-refractivity contribution in [2.75, 3.05) is 14.2 Å². The lowest BCUT2D eigenvalue weighted by atomic mass is 10.0. The van der Waals surface area contributed by atoms with Crippen LogP contribution in [0.25, 0.3) is 5.57 Å². The van der Waals surface area contributed by atoms with Crippen LogP contribution in [0.5, 0.6) is 11.5 Å². The van der Waals surface area contributed by atoms with Crippen molar-refractivity contribution in [2.24, 2.45) is 0 Å². The largest absolute Gasteiger partial charge is 0.493 e. The van der Waals surface area contributed by atoms with Gasteiger partial charge < -0.3 is 19.9 Å². The van der Waals surface area contributed by atoms with Crippen LogP contribution in [-0.2, 0) is 9.59 Å². The number of benzene rings is 1. The highest BCUT2D eigenvalue weighted by Gasteiger charge is 2.15. The summed E-state index contributed by atoms with van der Waals surface area (Å²) in [6.45, 7) is 2.87. The monoisotopic (exact) mass is 279 g/mol. The van der Waals surface area contributed by atoms with E-state index in [1.54, 1.807) is 25.1 Å². The Kier molecular flexibility index (Phi) is 5.14. The lowest BCUT2D eigenvalue weighted by Crippen LogP contribution is -2.25. The maximum absolute atomic E-state index is 11.2. The molecule has 0 aromatic heterocycles. The van der Waals surface area contributed by atoms with Gasteiger partial charge in [0.2, 0.25) is 5.91 Å². The van der Waals surface area contributed by atoms with E-state index in [0.717, 1.165) is 0 Å². The van der Waals surface area contributed by atoms with Gasteiger partial charge in [-0.2, -0.15) is 0 Å². The first-order valence-electron chi connectivity index (χ1n) is 5.84. The Bertz CT molecular complexity index is 563. The molecule has 0 bridgehead atoms. The van der Waals surface area contributed by atoms with Crippen LogP contribution < -0.4 is 14.8 Å². The third kappa shape index (κ3) is 3.50. The van der Waals surface area contributed by atoms with Crippen LogP contribution in [0.15, 0.2) is 23.9 Å². The molecule has 2 N–H and O–H groups in total. The minimum Gasteiger partial charge on any atom is -0.493 e. The van der Waals surface area contributed by atoms with Gasteiger partial charge in [0.05, 0.1) is 14.2 Å². The Morgan fingerprint density at radius 2 is 1.70 bits per heavy atom. The van der Waals surface area contributed by atoms with E-state index < -0.39 is 11.9 Å². The number of carboxylic acids is 1. The first-order chi connectivity index (χ1) is 9.40. The molecule has 0 heterocycles. The summed E-state index contributed by atoms with van der Waals surface area (Å²) in [7, 11) is 3.01. The molecule has 20 heavy (non-hydrogen) atoms. The number of hydrogen-bond acceptors (Lipinski definition) is 4. The average molecular weight is 279 g/mol. The summed E-state index contributed by atoms with van der Waals surface area (Å²) in [6.07, 6.45) is 0. The number of carboxylic acid groups (broad SMARTS) is 1. The van der Waals surface area contributed by atoms with Crippen LogP contribution in [0.3, 0.4) is 0 Å². The van der Waals surface area contributed by atoms with Crippen LogP contribution in [0.2, 0.25) is 0 Å². The van der Waals surface area contributed by atoms with Gasteiger partial charge in [-0.1, -0.05) is 6.07 Å². The first kappa shape index (κ1) is 15.6. The van der Waals surface area contributed by atoms with E-state index in [4.69, 9.17) is 14.6 Å². The smallest absolute Gasteiger partial charge is 0.352 e. The van der Waals surface area contributed by atoms with E-state index >= 15 is 0 Å². The minimum atomic E-state index is -1.20. The summed E-state index contributed by atoms with van der Waals surface area (Å²) in [5.74, 6) is -0.618. The lowest BCUT2D eigenvalue weighted by Gasteiger charge is -2.12. The zero-order valence-electron chi connectivity index (χ0n) is 11.8. The van der Waals surface area contributed by atoms with Gasteiger partial charge >= 0.3 is 5.97 Å². The summed E-state index contributed by atoms with van der Waals surface area (Å²) in [6, 6.07) is 5.02. The van der Waals surface area contributed by atoms with E-state index in [0.29, 0.717) is 22.6 Å². The van der Waals surface area contributed by atoms with Crippen LogP contribution in [0.1, 0.15) is 19.4 Å². The van der Waals surface area contributed by atoms with Crippen molar-refractivity contribution in [3.63, 3.8) is 0 Å². The average Bonchev–Trinajstić information content (AvgIpc) is 2.42. The summed E-state index contributed by atoms with van der Waals surface area (Å²) in [5.41, 5.74) is 0.882. The molecule has 0 radical (unpaired) electrons. The van der Waals surface area contributed by atoms with Gasteiger partial charge in [0.1, 0.15) is 5.70 Å². The third-order valence-electron chi connectivity index (χ3n) is 2.71. The van der Waals surface area contributed by atoms with Crippen LogP contribution >= 0.6 is 0 Å². The summed E-state index contributed by atoms with van der Waals surface area (Å²) in [5, 5.41) is 11.5. The number of allylic oxidation sites excluding steroid dienone is 1. The van der Waals surface area contributed by atoms with Crippen molar-refractivity contribution in [3.05, 3.63) is 29.5 Å². The molecule has 0 spiro atoms. The Balaban J connectivity index is 3.32. The summed E-state index contributed by atoms with van der Waals surface area (Å²) in [4.78, 5) is 22.3. The zero-order valence-corrected chi connectivity index (χ0v) is 11.8. The molecule has 0 saturated carbocycles. The molecule has 108 valence electrons. The molecule has 0 fully saturated rings. The van der Waals surface area contributed by atoms with E-state index in [-0.39, 0.29) is 5.70 Å². The minimum absolute atomic E-state index is 0.162. The molecule has 0 aliphatic rings. The predicted molar refractivity (Wildman–Crippen MR) is 73.6 cm³/mol. The highest BCUT2D eigenvalue weighted by Crippen LogP contribution is 2.30. The van der Waals surface area contributed by atoms with E-state index in [1.807, 2.05) is 0 Å². The number of amides is 1. The fraction of sp³-hybridized carbons (Fsp3) is 0.286. The van der Waals surface area contributed by atoms with E-state index in [9.17, 15) is 9.59 Å². The molecule has 1 aromatic carbocycles. The van der Waals surface area contributed by atoms with Gasteiger partial charge in [0.25, 0.3) is 0 Å². The fourth-order valence-corrected chi connectivity index (χ4v) is 1.70. The van der Waals surface area contributed by atoms with Crippen LogP contribution in [-0.4, -0.2) is 31.2 Å². The number of methoxy groups -OCH3 is 2. The standard InChI is InChI=1S/C14H17NO5/c1-8(13(14(17)18)15-9(2)16)10-5-6-11(19-3)12(7-10)20-4/h5-7H,1-4H3,(H,15,16)(H,17,18). The Hall–Kier alpha value is -2.50. The predicted octanol–water partition coefficient (Wildman–Crippen LogP) is 1.66. The van der Waals surface area contributed by atoms with Gasteiger partial charge in [-0.05, 0) is 30.2 Å². The molecule has 0 aliphatic heterocycles. The second-order valence-electron chi connectivity index (χ2n) is 4.06. The van der Waals surface area contributed by atoms with Crippen molar-refractivity contribution in [2.45, 2.75) is 13.8 Å². The number of carbonyl (C=O) groups excluding carboxylic acids is 1. The lowest BCUT2D eigenvalue weighted by molar-refractivity contribution is -0.134. The van der Waals surface area contributed by atoms with Crippen molar-refractivity contribution >= 4 is 17.4 Å². The van der Waals surface area contributed by atoms with Crippen molar-refractivity contribution < 1.29 is 24.2 Å². The summed E-state index contributed by atoms with van der Waals surface area (Å²) >= 11 is 0. The van der Waals surface area contributed by atoms with Gasteiger partial charge in [0, 0.05) is 6.92 Å². The molecule has 6 heteroatoms.